The second kappa shape index (κ2) is 9.41. The number of aryl methyl sites for hydroxylation is 1. The number of rotatable bonds is 6. The van der Waals surface area contributed by atoms with Crippen molar-refractivity contribution in [1.29, 1.82) is 0 Å². The minimum Gasteiger partial charge on any atom is -0.497 e. The molecule has 5 aromatic rings. The fraction of sp³-hybridized carbons (Fsp3) is 0.154. The van der Waals surface area contributed by atoms with Crippen LogP contribution < -0.4 is 10.1 Å². The lowest BCUT2D eigenvalue weighted by molar-refractivity contribution is -0.142. The molecule has 3 heterocycles. The third-order valence-corrected chi connectivity index (χ3v) is 5.82. The zero-order chi connectivity index (χ0) is 26.2. The van der Waals surface area contributed by atoms with Gasteiger partial charge in [-0.2, -0.15) is 23.4 Å². The van der Waals surface area contributed by atoms with E-state index in [1.807, 2.05) is 31.2 Å². The van der Waals surface area contributed by atoms with E-state index in [-0.39, 0.29) is 17.0 Å². The number of anilines is 1. The summed E-state index contributed by atoms with van der Waals surface area (Å²) in [5, 5.41) is 10.8. The molecule has 0 radical (unpaired) electrons. The van der Waals surface area contributed by atoms with Gasteiger partial charge >= 0.3 is 6.18 Å². The number of hydrogen-bond acceptors (Lipinski definition) is 5. The van der Waals surface area contributed by atoms with Gasteiger partial charge in [-0.25, -0.2) is 9.50 Å². The number of methoxy groups -OCH3 is 1. The summed E-state index contributed by atoms with van der Waals surface area (Å²) in [6.07, 6.45) is -1.62. The number of hydrogen-bond donors (Lipinski definition) is 1. The summed E-state index contributed by atoms with van der Waals surface area (Å²) in [5.41, 5.74) is 1.75. The summed E-state index contributed by atoms with van der Waals surface area (Å²) in [6, 6.07) is 16.4. The lowest BCUT2D eigenvalue weighted by atomic mass is 10.1. The lowest BCUT2D eigenvalue weighted by Gasteiger charge is -2.11. The summed E-state index contributed by atoms with van der Waals surface area (Å²) in [5.74, 6) is -0.119. The molecule has 0 unspecified atom stereocenters. The van der Waals surface area contributed by atoms with Crippen molar-refractivity contribution in [2.24, 2.45) is 0 Å². The third-order valence-electron chi connectivity index (χ3n) is 5.82. The van der Waals surface area contributed by atoms with Crippen LogP contribution in [0.4, 0.5) is 18.9 Å². The predicted octanol–water partition coefficient (Wildman–Crippen LogP) is 5.23. The van der Waals surface area contributed by atoms with E-state index in [0.29, 0.717) is 28.1 Å². The highest BCUT2D eigenvalue weighted by Crippen LogP contribution is 2.32. The van der Waals surface area contributed by atoms with Crippen LogP contribution in [-0.2, 0) is 12.7 Å². The molecule has 1 amide bonds. The molecule has 11 heteroatoms. The van der Waals surface area contributed by atoms with Crippen molar-refractivity contribution in [1.82, 2.24) is 24.4 Å². The van der Waals surface area contributed by atoms with Gasteiger partial charge in [0.25, 0.3) is 5.91 Å². The van der Waals surface area contributed by atoms with Gasteiger partial charge in [-0.1, -0.05) is 24.3 Å². The van der Waals surface area contributed by atoms with E-state index in [0.717, 1.165) is 17.2 Å². The smallest absolute Gasteiger partial charge is 0.433 e. The van der Waals surface area contributed by atoms with Crippen LogP contribution in [-0.4, -0.2) is 37.4 Å². The van der Waals surface area contributed by atoms with Crippen LogP contribution in [0.5, 0.6) is 5.75 Å². The van der Waals surface area contributed by atoms with Crippen LogP contribution in [0.25, 0.3) is 16.9 Å². The molecule has 0 aliphatic rings. The largest absolute Gasteiger partial charge is 0.497 e. The van der Waals surface area contributed by atoms with Gasteiger partial charge in [0.05, 0.1) is 31.2 Å². The normalized spacial score (nSPS) is 11.6. The van der Waals surface area contributed by atoms with Gasteiger partial charge in [0.2, 0.25) is 0 Å². The van der Waals surface area contributed by atoms with Crippen LogP contribution in [0.2, 0.25) is 0 Å². The highest BCUT2D eigenvalue weighted by Gasteiger charge is 2.35. The molecule has 3 aromatic heterocycles. The standard InChI is InChI=1S/C26H21F3N6O2/c1-16-5-3-4-6-18(16)14-34-15-19(13-30-34)31-25(36)22-12-24-32-21(17-7-9-20(37-2)10-8-17)11-23(26(27,28)29)35(24)33-22/h3-13,15H,14H2,1-2H3,(H,31,36). The third kappa shape index (κ3) is 5.01. The lowest BCUT2D eigenvalue weighted by Crippen LogP contribution is -2.15. The molecule has 0 bridgehead atoms. The molecule has 37 heavy (non-hydrogen) atoms. The average Bonchev–Trinajstić information content (AvgIpc) is 3.51. The number of benzene rings is 2. The van der Waals surface area contributed by atoms with Crippen molar-refractivity contribution < 1.29 is 22.7 Å². The van der Waals surface area contributed by atoms with E-state index >= 15 is 0 Å². The van der Waals surface area contributed by atoms with E-state index in [4.69, 9.17) is 4.74 Å². The van der Waals surface area contributed by atoms with Crippen LogP contribution in [0.1, 0.15) is 27.3 Å². The van der Waals surface area contributed by atoms with Crippen molar-refractivity contribution in [2.45, 2.75) is 19.6 Å². The number of nitrogens with zero attached hydrogens (tertiary/aromatic N) is 5. The van der Waals surface area contributed by atoms with Gasteiger partial charge in [-0.05, 0) is 48.4 Å². The number of fused-ring (bicyclic) bond motifs is 1. The van der Waals surface area contributed by atoms with E-state index in [9.17, 15) is 18.0 Å². The first-order valence-corrected chi connectivity index (χ1v) is 11.2. The number of nitrogens with one attached hydrogen (secondary N) is 1. The van der Waals surface area contributed by atoms with Crippen LogP contribution in [0.15, 0.2) is 73.1 Å². The molecule has 0 aliphatic carbocycles. The van der Waals surface area contributed by atoms with Gasteiger partial charge in [0.1, 0.15) is 5.75 Å². The zero-order valence-corrected chi connectivity index (χ0v) is 19.8. The second-order valence-corrected chi connectivity index (χ2v) is 8.36. The molecule has 0 spiro atoms. The Balaban J connectivity index is 1.42. The Bertz CT molecular complexity index is 1590. The SMILES string of the molecule is COc1ccc(-c2cc(C(F)(F)F)n3nc(C(=O)Nc4cnn(Cc5ccccc5C)c4)cc3n2)cc1. The molecule has 1 N–H and O–H groups in total. The number of aromatic nitrogens is 5. The number of carbonyl (C=O) groups excluding carboxylic acids is 1. The molecular weight excluding hydrogens is 485 g/mol. The number of alkyl halides is 3. The fourth-order valence-electron chi connectivity index (χ4n) is 3.87. The summed E-state index contributed by atoms with van der Waals surface area (Å²) >= 11 is 0. The van der Waals surface area contributed by atoms with Gasteiger partial charge in [-0.3, -0.25) is 9.48 Å². The van der Waals surface area contributed by atoms with Crippen LogP contribution in [0, 0.1) is 6.92 Å². The molecule has 5 rings (SSSR count). The predicted molar refractivity (Wildman–Crippen MR) is 130 cm³/mol. The van der Waals surface area contributed by atoms with Crippen molar-refractivity contribution in [3.05, 3.63) is 95.6 Å². The Morgan fingerprint density at radius 1 is 1.08 bits per heavy atom. The highest BCUT2D eigenvalue weighted by molar-refractivity contribution is 6.03. The van der Waals surface area contributed by atoms with Gasteiger partial charge in [-0.15, -0.1) is 0 Å². The number of carbonyl (C=O) groups is 1. The molecule has 188 valence electrons. The molecule has 0 saturated heterocycles. The maximum absolute atomic E-state index is 13.9. The first-order valence-electron chi connectivity index (χ1n) is 11.2. The summed E-state index contributed by atoms with van der Waals surface area (Å²) in [6.45, 7) is 2.50. The highest BCUT2D eigenvalue weighted by atomic mass is 19.4. The average molecular weight is 506 g/mol. The van der Waals surface area contributed by atoms with Gasteiger partial charge < -0.3 is 10.1 Å². The zero-order valence-electron chi connectivity index (χ0n) is 19.8. The van der Waals surface area contributed by atoms with Crippen molar-refractivity contribution in [3.8, 4) is 17.0 Å². The Morgan fingerprint density at radius 2 is 1.84 bits per heavy atom. The molecule has 0 saturated carbocycles. The second-order valence-electron chi connectivity index (χ2n) is 8.36. The monoisotopic (exact) mass is 506 g/mol. The summed E-state index contributed by atoms with van der Waals surface area (Å²) in [7, 11) is 1.50. The Labute approximate surface area is 209 Å². The van der Waals surface area contributed by atoms with Crippen LogP contribution >= 0.6 is 0 Å². The van der Waals surface area contributed by atoms with E-state index in [1.54, 1.807) is 35.1 Å². The maximum atomic E-state index is 13.9. The van der Waals surface area contributed by atoms with Crippen molar-refractivity contribution >= 4 is 17.2 Å². The summed E-state index contributed by atoms with van der Waals surface area (Å²) < 4.78 is 49.0. The fourth-order valence-corrected chi connectivity index (χ4v) is 3.87. The number of ether oxygens (including phenoxy) is 1. The molecule has 0 aliphatic heterocycles. The quantitative estimate of drug-likeness (QED) is 0.341. The molecule has 8 nitrogen and oxygen atoms in total. The molecular formula is C26H21F3N6O2. The Hall–Kier alpha value is -4.67. The Kier molecular flexibility index (Phi) is 6.12. The first kappa shape index (κ1) is 24.0. The Morgan fingerprint density at radius 3 is 2.54 bits per heavy atom. The minimum atomic E-state index is -4.72. The van der Waals surface area contributed by atoms with Crippen molar-refractivity contribution in [2.75, 3.05) is 12.4 Å². The summed E-state index contributed by atoms with van der Waals surface area (Å²) in [4.78, 5) is 17.2. The number of halogens is 3. The van der Waals surface area contributed by atoms with Crippen molar-refractivity contribution in [3.63, 3.8) is 0 Å². The maximum Gasteiger partial charge on any atom is 0.433 e. The van der Waals surface area contributed by atoms with Gasteiger partial charge in [0, 0.05) is 17.8 Å². The molecule has 2 aromatic carbocycles. The topological polar surface area (TPSA) is 86.3 Å². The minimum absolute atomic E-state index is 0.0896. The van der Waals surface area contributed by atoms with Crippen LogP contribution in [0.3, 0.4) is 0 Å². The molecule has 0 atom stereocenters. The molecule has 0 fully saturated rings. The van der Waals surface area contributed by atoms with Gasteiger partial charge in [0.15, 0.2) is 17.0 Å². The van der Waals surface area contributed by atoms with E-state index < -0.39 is 17.8 Å². The van der Waals surface area contributed by atoms with E-state index in [2.05, 4.69) is 20.5 Å². The van der Waals surface area contributed by atoms with E-state index in [1.165, 1.54) is 19.4 Å². The first-order chi connectivity index (χ1) is 17.7. The number of amides is 1.